The summed E-state index contributed by atoms with van der Waals surface area (Å²) >= 11 is 5.21. The van der Waals surface area contributed by atoms with Gasteiger partial charge in [0.05, 0.1) is 0 Å². The fraction of sp³-hybridized carbons (Fsp3) is 0.417. The van der Waals surface area contributed by atoms with Gasteiger partial charge < -0.3 is 5.73 Å². The molecular weight excluding hydrogens is 284 g/mol. The molecule has 0 aliphatic rings. The molecule has 0 unspecified atom stereocenters. The van der Waals surface area contributed by atoms with Crippen molar-refractivity contribution < 1.29 is 0 Å². The molecule has 0 amide bonds. The van der Waals surface area contributed by atoms with Crippen molar-refractivity contribution in [1.82, 2.24) is 0 Å². The van der Waals surface area contributed by atoms with Gasteiger partial charge in [-0.15, -0.1) is 11.8 Å². The van der Waals surface area contributed by atoms with Gasteiger partial charge in [0.2, 0.25) is 0 Å². The molecule has 0 saturated carbocycles. The predicted molar refractivity (Wildman–Crippen MR) is 75.4 cm³/mol. The highest BCUT2D eigenvalue weighted by Gasteiger charge is 2.09. The van der Waals surface area contributed by atoms with E-state index in [1.807, 2.05) is 18.2 Å². The molecule has 1 aromatic carbocycles. The van der Waals surface area contributed by atoms with Crippen LogP contribution in [0, 0.1) is 5.41 Å². The van der Waals surface area contributed by atoms with Gasteiger partial charge in [0.1, 0.15) is 5.84 Å². The molecule has 0 radical (unpaired) electrons. The zero-order chi connectivity index (χ0) is 12.0. The molecule has 1 aromatic rings. The minimum Gasteiger partial charge on any atom is -0.384 e. The molecule has 0 spiro atoms. The topological polar surface area (TPSA) is 49.9 Å². The van der Waals surface area contributed by atoms with Crippen molar-refractivity contribution in [2.45, 2.75) is 31.1 Å². The molecular formula is C12H17BrN2S. The van der Waals surface area contributed by atoms with Crippen LogP contribution < -0.4 is 5.73 Å². The highest BCUT2D eigenvalue weighted by Crippen LogP contribution is 2.29. The first-order valence-corrected chi connectivity index (χ1v) is 7.20. The van der Waals surface area contributed by atoms with Crippen LogP contribution in [-0.2, 0) is 0 Å². The number of hydrogen-bond acceptors (Lipinski definition) is 2. The van der Waals surface area contributed by atoms with Crippen molar-refractivity contribution >= 4 is 33.5 Å². The summed E-state index contributed by atoms with van der Waals surface area (Å²) in [5.41, 5.74) is 6.41. The van der Waals surface area contributed by atoms with Crippen molar-refractivity contribution in [1.29, 1.82) is 5.41 Å². The highest BCUT2D eigenvalue weighted by molar-refractivity contribution is 9.10. The van der Waals surface area contributed by atoms with Gasteiger partial charge in [-0.05, 0) is 40.2 Å². The molecule has 0 heterocycles. The minimum atomic E-state index is 0.130. The van der Waals surface area contributed by atoms with Crippen molar-refractivity contribution in [3.63, 3.8) is 0 Å². The monoisotopic (exact) mass is 300 g/mol. The highest BCUT2D eigenvalue weighted by atomic mass is 79.9. The average molecular weight is 301 g/mol. The van der Waals surface area contributed by atoms with Gasteiger partial charge >= 0.3 is 0 Å². The molecule has 3 N–H and O–H groups in total. The van der Waals surface area contributed by atoms with Gasteiger partial charge in [-0.3, -0.25) is 5.41 Å². The number of unbranched alkanes of at least 4 members (excludes halogenated alkanes) is 2. The van der Waals surface area contributed by atoms with E-state index in [0.29, 0.717) is 0 Å². The first-order chi connectivity index (χ1) is 7.66. The lowest BCUT2D eigenvalue weighted by Gasteiger charge is -2.09. The van der Waals surface area contributed by atoms with E-state index >= 15 is 0 Å². The molecule has 0 aromatic heterocycles. The van der Waals surface area contributed by atoms with Crippen LogP contribution in [-0.4, -0.2) is 11.6 Å². The number of nitrogens with one attached hydrogen (secondary N) is 1. The third-order valence-corrected chi connectivity index (χ3v) is 4.06. The number of nitrogens with two attached hydrogens (primary N) is 1. The maximum absolute atomic E-state index is 7.57. The first-order valence-electron chi connectivity index (χ1n) is 5.42. The van der Waals surface area contributed by atoms with Crippen molar-refractivity contribution in [3.05, 3.63) is 28.2 Å². The summed E-state index contributed by atoms with van der Waals surface area (Å²) < 4.78 is 0.903. The second-order valence-electron chi connectivity index (χ2n) is 3.58. The third kappa shape index (κ3) is 3.83. The summed E-state index contributed by atoms with van der Waals surface area (Å²) in [4.78, 5) is 1.10. The fourth-order valence-electron chi connectivity index (χ4n) is 1.42. The molecule has 88 valence electrons. The number of nitrogen functional groups attached to an aromatic ring is 1. The smallest absolute Gasteiger partial charge is 0.125 e. The lowest BCUT2D eigenvalue weighted by Crippen LogP contribution is -2.13. The van der Waals surface area contributed by atoms with Gasteiger partial charge in [-0.2, -0.15) is 0 Å². The van der Waals surface area contributed by atoms with E-state index in [1.165, 1.54) is 19.3 Å². The Morgan fingerprint density at radius 2 is 2.19 bits per heavy atom. The fourth-order valence-corrected chi connectivity index (χ4v) is 3.24. The number of thioether (sulfide) groups is 1. The maximum atomic E-state index is 7.57. The Morgan fingerprint density at radius 3 is 2.81 bits per heavy atom. The number of hydrogen-bond donors (Lipinski definition) is 2. The summed E-state index contributed by atoms with van der Waals surface area (Å²) in [6.07, 6.45) is 3.71. The molecule has 0 bridgehead atoms. The predicted octanol–water partition coefficient (Wildman–Crippen LogP) is 4.02. The van der Waals surface area contributed by atoms with Crippen LogP contribution in [0.25, 0.3) is 0 Å². The lowest BCUT2D eigenvalue weighted by molar-refractivity contribution is 0.778. The molecule has 0 atom stereocenters. The second-order valence-corrected chi connectivity index (χ2v) is 5.57. The number of rotatable bonds is 6. The van der Waals surface area contributed by atoms with E-state index in [9.17, 15) is 0 Å². The van der Waals surface area contributed by atoms with Crippen LogP contribution in [0.5, 0.6) is 0 Å². The summed E-state index contributed by atoms with van der Waals surface area (Å²) in [6.45, 7) is 2.20. The molecule has 4 heteroatoms. The number of amidine groups is 1. The molecule has 0 aliphatic heterocycles. The Balaban J connectivity index is 2.71. The van der Waals surface area contributed by atoms with E-state index in [-0.39, 0.29) is 5.84 Å². The van der Waals surface area contributed by atoms with Crippen LogP contribution >= 0.6 is 27.7 Å². The van der Waals surface area contributed by atoms with Gasteiger partial charge in [-0.1, -0.05) is 25.8 Å². The van der Waals surface area contributed by atoms with E-state index in [4.69, 9.17) is 11.1 Å². The van der Waals surface area contributed by atoms with E-state index < -0.39 is 0 Å². The van der Waals surface area contributed by atoms with Crippen molar-refractivity contribution in [3.8, 4) is 0 Å². The largest absolute Gasteiger partial charge is 0.384 e. The zero-order valence-electron chi connectivity index (χ0n) is 9.42. The van der Waals surface area contributed by atoms with Gasteiger partial charge in [-0.25, -0.2) is 0 Å². The van der Waals surface area contributed by atoms with Gasteiger partial charge in [0.25, 0.3) is 0 Å². The van der Waals surface area contributed by atoms with Crippen LogP contribution in [0.15, 0.2) is 27.6 Å². The normalized spacial score (nSPS) is 10.4. The van der Waals surface area contributed by atoms with Crippen LogP contribution in [0.3, 0.4) is 0 Å². The van der Waals surface area contributed by atoms with E-state index in [1.54, 1.807) is 11.8 Å². The Hall–Kier alpha value is -0.480. The van der Waals surface area contributed by atoms with E-state index in [0.717, 1.165) is 20.7 Å². The molecule has 0 aliphatic carbocycles. The van der Waals surface area contributed by atoms with Crippen LogP contribution in [0.2, 0.25) is 0 Å². The molecule has 1 rings (SSSR count). The van der Waals surface area contributed by atoms with E-state index in [2.05, 4.69) is 22.9 Å². The van der Waals surface area contributed by atoms with Crippen molar-refractivity contribution in [2.75, 3.05) is 5.75 Å². The summed E-state index contributed by atoms with van der Waals surface area (Å²) in [6, 6.07) is 5.93. The maximum Gasteiger partial charge on any atom is 0.125 e. The summed E-state index contributed by atoms with van der Waals surface area (Å²) in [5, 5.41) is 7.57. The molecule has 2 nitrogen and oxygen atoms in total. The summed E-state index contributed by atoms with van der Waals surface area (Å²) in [7, 11) is 0. The van der Waals surface area contributed by atoms with Crippen LogP contribution in [0.1, 0.15) is 31.7 Å². The first kappa shape index (κ1) is 13.6. The van der Waals surface area contributed by atoms with Crippen LogP contribution in [0.4, 0.5) is 0 Å². The zero-order valence-corrected chi connectivity index (χ0v) is 11.8. The molecule has 0 fully saturated rings. The summed E-state index contributed by atoms with van der Waals surface area (Å²) in [5.74, 6) is 1.22. The molecule has 16 heavy (non-hydrogen) atoms. The Morgan fingerprint density at radius 1 is 1.44 bits per heavy atom. The minimum absolute atomic E-state index is 0.130. The van der Waals surface area contributed by atoms with Crippen molar-refractivity contribution in [2.24, 2.45) is 5.73 Å². The molecule has 0 saturated heterocycles. The Kier molecular flexibility index (Phi) is 5.91. The Bertz CT molecular complexity index is 366. The SMILES string of the molecule is CCCCCSc1cccc(Br)c1C(=N)N. The number of benzene rings is 1. The van der Waals surface area contributed by atoms with Gasteiger partial charge in [0, 0.05) is 14.9 Å². The number of halogens is 1. The van der Waals surface area contributed by atoms with Gasteiger partial charge in [0.15, 0.2) is 0 Å². The average Bonchev–Trinajstić information content (AvgIpc) is 2.24. The standard InChI is InChI=1S/C12H17BrN2S/c1-2-3-4-8-16-10-7-5-6-9(13)11(10)12(14)15/h5-7H,2-4,8H2,1H3,(H3,14,15). The quantitative estimate of drug-likeness (QED) is 0.361. The Labute approximate surface area is 110 Å². The third-order valence-electron chi connectivity index (χ3n) is 2.25. The lowest BCUT2D eigenvalue weighted by atomic mass is 10.2. The second kappa shape index (κ2) is 6.97.